The van der Waals surface area contributed by atoms with Crippen LogP contribution < -0.4 is 16.0 Å². The molecular formula is C46H81N3O4. The second kappa shape index (κ2) is 34.2. The van der Waals surface area contributed by atoms with Crippen LogP contribution in [-0.2, 0) is 9.47 Å². The minimum atomic E-state index is -0.620. The Bertz CT molecular complexity index is 1070. The maximum absolute atomic E-state index is 10.7. The van der Waals surface area contributed by atoms with Gasteiger partial charge in [-0.2, -0.15) is 0 Å². The first-order chi connectivity index (χ1) is 26.1. The zero-order chi connectivity index (χ0) is 37.9. The van der Waals surface area contributed by atoms with E-state index >= 15 is 0 Å². The molecule has 0 fully saturated rings. The first-order valence-electron chi connectivity index (χ1n) is 22.1. The van der Waals surface area contributed by atoms with Crippen LogP contribution in [-0.4, -0.2) is 61.9 Å². The van der Waals surface area contributed by atoms with Crippen LogP contribution in [0.15, 0.2) is 48.5 Å². The summed E-state index contributed by atoms with van der Waals surface area (Å²) in [6.45, 7) is 7.31. The third-order valence-corrected chi connectivity index (χ3v) is 10.0. The molecule has 2 unspecified atom stereocenters. The standard InChI is InChI=1S/C46H81N3O4/c1-3-5-7-9-11-13-15-17-19-21-23-28-34-52-39-43(50)37-47-45-33-32-42(49-41-30-26-25-27-31-41)36-46(45)48-38-44(51)40-53-35-29-24-22-20-18-16-14-12-10-8-6-4-2/h25-27,30-33,36,43-44,47-51H,3-24,28-29,34-35,37-40H2,1-2H3. The fraction of sp³-hybridized carbons (Fsp3) is 0.739. The highest BCUT2D eigenvalue weighted by atomic mass is 16.5. The molecule has 0 saturated heterocycles. The number of aliphatic hydroxyl groups is 2. The van der Waals surface area contributed by atoms with Crippen LogP contribution in [0, 0.1) is 0 Å². The summed E-state index contributed by atoms with van der Waals surface area (Å²) in [5, 5.41) is 31.6. The van der Waals surface area contributed by atoms with Gasteiger partial charge in [-0.05, 0) is 43.2 Å². The molecule has 7 heteroatoms. The normalized spacial score (nSPS) is 12.5. The molecule has 2 aromatic carbocycles. The second-order valence-electron chi connectivity index (χ2n) is 15.2. The fourth-order valence-corrected chi connectivity index (χ4v) is 6.71. The van der Waals surface area contributed by atoms with E-state index in [1.54, 1.807) is 0 Å². The third kappa shape index (κ3) is 27.0. The lowest BCUT2D eigenvalue weighted by Crippen LogP contribution is -2.27. The molecule has 0 bridgehead atoms. The van der Waals surface area contributed by atoms with Crippen molar-refractivity contribution in [3.8, 4) is 0 Å². The molecule has 0 amide bonds. The van der Waals surface area contributed by atoms with Crippen molar-refractivity contribution in [3.63, 3.8) is 0 Å². The highest BCUT2D eigenvalue weighted by Crippen LogP contribution is 2.28. The van der Waals surface area contributed by atoms with Crippen LogP contribution in [0.25, 0.3) is 0 Å². The maximum atomic E-state index is 10.7. The van der Waals surface area contributed by atoms with E-state index in [9.17, 15) is 10.2 Å². The average molecular weight is 740 g/mol. The summed E-state index contributed by atoms with van der Waals surface area (Å²) >= 11 is 0. The minimum absolute atomic E-state index is 0.311. The number of aliphatic hydroxyl groups excluding tert-OH is 2. The van der Waals surface area contributed by atoms with Gasteiger partial charge in [0.05, 0.1) is 36.8 Å². The van der Waals surface area contributed by atoms with Crippen LogP contribution in [0.5, 0.6) is 0 Å². The Hall–Kier alpha value is -2.32. The molecule has 53 heavy (non-hydrogen) atoms. The van der Waals surface area contributed by atoms with Gasteiger partial charge in [-0.25, -0.2) is 0 Å². The summed E-state index contributed by atoms with van der Waals surface area (Å²) < 4.78 is 11.6. The van der Waals surface area contributed by atoms with E-state index in [4.69, 9.17) is 9.47 Å². The molecule has 0 aliphatic heterocycles. The second-order valence-corrected chi connectivity index (χ2v) is 15.2. The van der Waals surface area contributed by atoms with Crippen LogP contribution in [0.2, 0.25) is 0 Å². The first kappa shape index (κ1) is 46.8. The van der Waals surface area contributed by atoms with E-state index in [0.29, 0.717) is 39.5 Å². The van der Waals surface area contributed by atoms with Crippen LogP contribution >= 0.6 is 0 Å². The summed E-state index contributed by atoms with van der Waals surface area (Å²) in [5.41, 5.74) is 3.67. The van der Waals surface area contributed by atoms with E-state index in [1.165, 1.54) is 141 Å². The molecule has 2 aromatic rings. The third-order valence-electron chi connectivity index (χ3n) is 10.0. The molecule has 0 spiro atoms. The van der Waals surface area contributed by atoms with Gasteiger partial charge in [-0.3, -0.25) is 0 Å². The molecular weight excluding hydrogens is 659 g/mol. The Morgan fingerprint density at radius 3 is 1.28 bits per heavy atom. The lowest BCUT2D eigenvalue weighted by Gasteiger charge is -2.20. The lowest BCUT2D eigenvalue weighted by atomic mass is 10.1. The van der Waals surface area contributed by atoms with Crippen molar-refractivity contribution in [1.82, 2.24) is 0 Å². The van der Waals surface area contributed by atoms with Crippen molar-refractivity contribution < 1.29 is 19.7 Å². The van der Waals surface area contributed by atoms with Gasteiger partial charge in [0.1, 0.15) is 0 Å². The van der Waals surface area contributed by atoms with Gasteiger partial charge >= 0.3 is 0 Å². The zero-order valence-electron chi connectivity index (χ0n) is 34.2. The van der Waals surface area contributed by atoms with E-state index in [1.807, 2.05) is 48.5 Å². The monoisotopic (exact) mass is 740 g/mol. The number of benzene rings is 2. The smallest absolute Gasteiger partial charge is 0.0945 e. The van der Waals surface area contributed by atoms with Gasteiger partial charge in [0, 0.05) is 37.7 Å². The number of hydrogen-bond donors (Lipinski definition) is 5. The minimum Gasteiger partial charge on any atom is -0.389 e. The summed E-state index contributed by atoms with van der Waals surface area (Å²) in [4.78, 5) is 0. The number of rotatable bonds is 38. The van der Waals surface area contributed by atoms with Crippen molar-refractivity contribution >= 4 is 22.7 Å². The number of ether oxygens (including phenoxy) is 2. The topological polar surface area (TPSA) is 95.0 Å². The molecule has 2 atom stereocenters. The Labute approximate surface area is 325 Å². The van der Waals surface area contributed by atoms with Gasteiger partial charge in [0.2, 0.25) is 0 Å². The molecule has 0 aliphatic rings. The Balaban J connectivity index is 1.62. The molecule has 304 valence electrons. The van der Waals surface area contributed by atoms with E-state index in [0.717, 1.165) is 35.6 Å². The van der Waals surface area contributed by atoms with Gasteiger partial charge < -0.3 is 35.6 Å². The Morgan fingerprint density at radius 2 is 0.849 bits per heavy atom. The molecule has 0 heterocycles. The summed E-state index contributed by atoms with van der Waals surface area (Å²) in [6, 6.07) is 16.1. The molecule has 5 N–H and O–H groups in total. The first-order valence-corrected chi connectivity index (χ1v) is 22.1. The number of nitrogens with one attached hydrogen (secondary N) is 3. The molecule has 0 aliphatic carbocycles. The predicted molar refractivity (Wildman–Crippen MR) is 229 cm³/mol. The number of anilines is 4. The zero-order valence-corrected chi connectivity index (χ0v) is 34.2. The number of hydrogen-bond acceptors (Lipinski definition) is 7. The number of unbranched alkanes of at least 4 members (excludes halogenated alkanes) is 22. The van der Waals surface area contributed by atoms with Crippen molar-refractivity contribution in [2.45, 2.75) is 180 Å². The number of para-hydroxylation sites is 1. The molecule has 0 aromatic heterocycles. The Kier molecular flexibility index (Phi) is 30.2. The SMILES string of the molecule is CCCCCCCCCCCCCCOCC(O)CNc1ccc(Nc2ccccc2)cc1NCC(O)COCCCCCCCCCCCCCC. The fourth-order valence-electron chi connectivity index (χ4n) is 6.71. The highest BCUT2D eigenvalue weighted by Gasteiger charge is 2.11. The summed E-state index contributed by atoms with van der Waals surface area (Å²) in [6.07, 6.45) is 30.5. The van der Waals surface area contributed by atoms with Crippen LogP contribution in [0.4, 0.5) is 22.7 Å². The Morgan fingerprint density at radius 1 is 0.453 bits per heavy atom. The average Bonchev–Trinajstić information content (AvgIpc) is 3.17. The van der Waals surface area contributed by atoms with Gasteiger partial charge in [-0.1, -0.05) is 173 Å². The molecule has 0 saturated carbocycles. The predicted octanol–water partition coefficient (Wildman–Crippen LogP) is 12.4. The van der Waals surface area contributed by atoms with Crippen molar-refractivity contribution in [2.24, 2.45) is 0 Å². The molecule has 7 nitrogen and oxygen atoms in total. The van der Waals surface area contributed by atoms with Gasteiger partial charge in [0.15, 0.2) is 0 Å². The van der Waals surface area contributed by atoms with Crippen molar-refractivity contribution in [3.05, 3.63) is 48.5 Å². The quantitative estimate of drug-likeness (QED) is 0.0438. The van der Waals surface area contributed by atoms with Gasteiger partial charge in [0.25, 0.3) is 0 Å². The van der Waals surface area contributed by atoms with E-state index < -0.39 is 12.2 Å². The molecule has 2 rings (SSSR count). The van der Waals surface area contributed by atoms with Gasteiger partial charge in [-0.15, -0.1) is 0 Å². The lowest BCUT2D eigenvalue weighted by molar-refractivity contribution is 0.0414. The van der Waals surface area contributed by atoms with E-state index in [-0.39, 0.29) is 0 Å². The van der Waals surface area contributed by atoms with Crippen molar-refractivity contribution in [1.29, 1.82) is 0 Å². The maximum Gasteiger partial charge on any atom is 0.0945 e. The largest absolute Gasteiger partial charge is 0.389 e. The summed E-state index contributed by atoms with van der Waals surface area (Å²) in [7, 11) is 0. The van der Waals surface area contributed by atoms with Crippen LogP contribution in [0.1, 0.15) is 168 Å². The molecule has 0 radical (unpaired) electrons. The van der Waals surface area contributed by atoms with E-state index in [2.05, 4.69) is 29.8 Å². The summed E-state index contributed by atoms with van der Waals surface area (Å²) in [5.74, 6) is 0. The highest BCUT2D eigenvalue weighted by molar-refractivity contribution is 5.76. The van der Waals surface area contributed by atoms with Crippen molar-refractivity contribution in [2.75, 3.05) is 55.5 Å². The van der Waals surface area contributed by atoms with Crippen LogP contribution in [0.3, 0.4) is 0 Å².